The van der Waals surface area contributed by atoms with Crippen molar-refractivity contribution in [1.82, 2.24) is 9.55 Å². The van der Waals surface area contributed by atoms with E-state index >= 15 is 0 Å². The molecule has 0 saturated heterocycles. The van der Waals surface area contributed by atoms with Gasteiger partial charge >= 0.3 is 0 Å². The van der Waals surface area contributed by atoms with Gasteiger partial charge in [0.15, 0.2) is 0 Å². The zero-order valence-electron chi connectivity index (χ0n) is 13.3. The molecule has 0 amide bonds. The molecule has 0 bridgehead atoms. The monoisotopic (exact) mass is 339 g/mol. The number of aromatic nitrogens is 2. The third-order valence-electron chi connectivity index (χ3n) is 4.12. The van der Waals surface area contributed by atoms with Crippen LogP contribution in [0.5, 0.6) is 0 Å². The summed E-state index contributed by atoms with van der Waals surface area (Å²) in [6.07, 6.45) is 5.40. The summed E-state index contributed by atoms with van der Waals surface area (Å²) in [6, 6.07) is 11.4. The lowest BCUT2D eigenvalue weighted by molar-refractivity contribution is 0.317. The minimum Gasteiger partial charge on any atom is -0.475 e. The van der Waals surface area contributed by atoms with Gasteiger partial charge in [-0.2, -0.15) is 0 Å². The van der Waals surface area contributed by atoms with E-state index in [4.69, 9.17) is 4.74 Å². The first-order chi connectivity index (χ1) is 12.2. The molecular formula is C19H15F2N3O. The molecule has 1 aliphatic rings. The normalized spacial score (nSPS) is 16.6. The second-order valence-electron chi connectivity index (χ2n) is 5.83. The van der Waals surface area contributed by atoms with Crippen LogP contribution in [0.4, 0.5) is 8.78 Å². The summed E-state index contributed by atoms with van der Waals surface area (Å²) in [5.41, 5.74) is 1.87. The van der Waals surface area contributed by atoms with E-state index in [1.54, 1.807) is 12.5 Å². The number of benzene rings is 2. The van der Waals surface area contributed by atoms with Crippen molar-refractivity contribution >= 4 is 5.90 Å². The first-order valence-electron chi connectivity index (χ1n) is 7.90. The second-order valence-corrected chi connectivity index (χ2v) is 5.83. The van der Waals surface area contributed by atoms with Gasteiger partial charge < -0.3 is 9.30 Å². The first kappa shape index (κ1) is 15.5. The number of ether oxygens (including phenoxy) is 1. The molecule has 25 heavy (non-hydrogen) atoms. The predicted octanol–water partition coefficient (Wildman–Crippen LogP) is 3.73. The Bertz CT molecular complexity index is 885. The summed E-state index contributed by atoms with van der Waals surface area (Å²) in [6.45, 7) is 1.00. The highest BCUT2D eigenvalue weighted by Crippen LogP contribution is 2.27. The van der Waals surface area contributed by atoms with Crippen molar-refractivity contribution in [3.63, 3.8) is 0 Å². The van der Waals surface area contributed by atoms with Gasteiger partial charge in [-0.3, -0.25) is 0 Å². The maximum atomic E-state index is 13.9. The van der Waals surface area contributed by atoms with Crippen LogP contribution in [0.1, 0.15) is 22.7 Å². The van der Waals surface area contributed by atoms with Gasteiger partial charge in [0.2, 0.25) is 5.90 Å². The molecule has 3 aromatic rings. The summed E-state index contributed by atoms with van der Waals surface area (Å²) in [5, 5.41) is 0. The fraction of sp³-hybridized carbons (Fsp3) is 0.158. The van der Waals surface area contributed by atoms with Crippen LogP contribution < -0.4 is 0 Å². The van der Waals surface area contributed by atoms with E-state index in [-0.39, 0.29) is 24.1 Å². The molecule has 0 fully saturated rings. The molecule has 4 nitrogen and oxygen atoms in total. The van der Waals surface area contributed by atoms with Crippen molar-refractivity contribution in [2.24, 2.45) is 4.99 Å². The van der Waals surface area contributed by atoms with Gasteiger partial charge in [-0.15, -0.1) is 0 Å². The van der Waals surface area contributed by atoms with Crippen LogP contribution in [0.3, 0.4) is 0 Å². The summed E-state index contributed by atoms with van der Waals surface area (Å²) in [5.74, 6) is -1.33. The lowest BCUT2D eigenvalue weighted by Gasteiger charge is -2.07. The van der Waals surface area contributed by atoms with E-state index < -0.39 is 11.6 Å². The Balaban J connectivity index is 1.54. The maximum absolute atomic E-state index is 13.9. The molecule has 4 rings (SSSR count). The molecule has 2 heterocycles. The number of halogens is 2. The third-order valence-corrected chi connectivity index (χ3v) is 4.12. The van der Waals surface area contributed by atoms with Gasteiger partial charge in [0.1, 0.15) is 29.8 Å². The molecule has 0 spiro atoms. The van der Waals surface area contributed by atoms with Gasteiger partial charge in [-0.25, -0.2) is 18.8 Å². The number of imidazole rings is 1. The topological polar surface area (TPSA) is 39.4 Å². The molecule has 0 saturated carbocycles. The van der Waals surface area contributed by atoms with Crippen molar-refractivity contribution in [3.05, 3.63) is 89.5 Å². The SMILES string of the molecule is Fc1cccc(F)c1C1=NC(c2ccc(Cn3ccnc3)cc2)CO1. The molecule has 126 valence electrons. The van der Waals surface area contributed by atoms with Crippen LogP contribution in [-0.4, -0.2) is 22.1 Å². The molecule has 0 N–H and O–H groups in total. The molecule has 1 aromatic heterocycles. The van der Waals surface area contributed by atoms with E-state index in [9.17, 15) is 8.78 Å². The fourth-order valence-corrected chi connectivity index (χ4v) is 2.82. The highest BCUT2D eigenvalue weighted by molar-refractivity contribution is 5.95. The van der Waals surface area contributed by atoms with Crippen LogP contribution in [0.15, 0.2) is 66.2 Å². The molecule has 1 atom stereocenters. The molecule has 1 unspecified atom stereocenters. The molecular weight excluding hydrogens is 324 g/mol. The Morgan fingerprint density at radius 2 is 1.84 bits per heavy atom. The number of hydrogen-bond acceptors (Lipinski definition) is 3. The van der Waals surface area contributed by atoms with Crippen LogP contribution in [0.2, 0.25) is 0 Å². The number of rotatable bonds is 4. The molecule has 6 heteroatoms. The van der Waals surface area contributed by atoms with E-state index in [0.717, 1.165) is 17.7 Å². The van der Waals surface area contributed by atoms with E-state index in [1.807, 2.05) is 35.0 Å². The molecule has 0 radical (unpaired) electrons. The van der Waals surface area contributed by atoms with Crippen molar-refractivity contribution in [3.8, 4) is 0 Å². The summed E-state index contributed by atoms with van der Waals surface area (Å²) in [4.78, 5) is 8.37. The Hall–Kier alpha value is -3.02. The van der Waals surface area contributed by atoms with E-state index in [1.165, 1.54) is 18.2 Å². The molecule has 0 aliphatic carbocycles. The molecule has 1 aliphatic heterocycles. The zero-order valence-corrected chi connectivity index (χ0v) is 13.3. The Morgan fingerprint density at radius 1 is 1.08 bits per heavy atom. The van der Waals surface area contributed by atoms with Crippen molar-refractivity contribution < 1.29 is 13.5 Å². The fourth-order valence-electron chi connectivity index (χ4n) is 2.82. The number of hydrogen-bond donors (Lipinski definition) is 0. The summed E-state index contributed by atoms with van der Waals surface area (Å²) < 4.78 is 35.1. The van der Waals surface area contributed by atoms with Crippen molar-refractivity contribution in [1.29, 1.82) is 0 Å². The lowest BCUT2D eigenvalue weighted by atomic mass is 10.1. The third kappa shape index (κ3) is 3.15. The van der Waals surface area contributed by atoms with Crippen LogP contribution >= 0.6 is 0 Å². The highest BCUT2D eigenvalue weighted by Gasteiger charge is 2.26. The average molecular weight is 339 g/mol. The van der Waals surface area contributed by atoms with Gasteiger partial charge in [-0.05, 0) is 23.3 Å². The van der Waals surface area contributed by atoms with Gasteiger partial charge in [0.25, 0.3) is 0 Å². The lowest BCUT2D eigenvalue weighted by Crippen LogP contribution is -2.07. The minimum absolute atomic E-state index is 0.0168. The van der Waals surface area contributed by atoms with Crippen LogP contribution in [-0.2, 0) is 11.3 Å². The van der Waals surface area contributed by atoms with Gasteiger partial charge in [0.05, 0.1) is 6.33 Å². The average Bonchev–Trinajstić information content (AvgIpc) is 3.28. The standard InChI is InChI=1S/C19H15F2N3O/c20-15-2-1-3-16(21)18(15)19-23-17(11-25-19)14-6-4-13(5-7-14)10-24-9-8-22-12-24/h1-9,12,17H,10-11H2. The first-order valence-corrected chi connectivity index (χ1v) is 7.90. The molecule has 2 aromatic carbocycles. The van der Waals surface area contributed by atoms with E-state index in [2.05, 4.69) is 9.98 Å². The largest absolute Gasteiger partial charge is 0.475 e. The smallest absolute Gasteiger partial charge is 0.222 e. The van der Waals surface area contributed by atoms with Crippen LogP contribution in [0.25, 0.3) is 0 Å². The summed E-state index contributed by atoms with van der Waals surface area (Å²) in [7, 11) is 0. The van der Waals surface area contributed by atoms with Crippen molar-refractivity contribution in [2.45, 2.75) is 12.6 Å². The zero-order chi connectivity index (χ0) is 17.2. The predicted molar refractivity (Wildman–Crippen MR) is 89.4 cm³/mol. The maximum Gasteiger partial charge on any atom is 0.222 e. The second kappa shape index (κ2) is 6.47. The number of nitrogens with zero attached hydrogens (tertiary/aromatic N) is 3. The summed E-state index contributed by atoms with van der Waals surface area (Å²) >= 11 is 0. The van der Waals surface area contributed by atoms with Gasteiger partial charge in [0, 0.05) is 18.9 Å². The van der Waals surface area contributed by atoms with Crippen molar-refractivity contribution in [2.75, 3.05) is 6.61 Å². The highest BCUT2D eigenvalue weighted by atomic mass is 19.1. The number of aliphatic imine (C=N–C) groups is 1. The Morgan fingerprint density at radius 3 is 2.52 bits per heavy atom. The van der Waals surface area contributed by atoms with Gasteiger partial charge in [-0.1, -0.05) is 30.3 Å². The van der Waals surface area contributed by atoms with Crippen LogP contribution in [0, 0.1) is 11.6 Å². The Labute approximate surface area is 143 Å². The van der Waals surface area contributed by atoms with E-state index in [0.29, 0.717) is 0 Å². The minimum atomic E-state index is -0.671. The quantitative estimate of drug-likeness (QED) is 0.727. The Kier molecular flexibility index (Phi) is 4.01.